The number of aryl methyl sites for hydroxylation is 3. The predicted octanol–water partition coefficient (Wildman–Crippen LogP) is 3.77. The second kappa shape index (κ2) is 8.99. The number of hydrogen-bond donors (Lipinski definition) is 1. The van der Waals surface area contributed by atoms with Crippen molar-refractivity contribution in [1.82, 2.24) is 5.32 Å². The lowest BCUT2D eigenvalue weighted by molar-refractivity contribution is -0.120. The first-order valence-electron chi connectivity index (χ1n) is 10.3. The second-order valence-electron chi connectivity index (χ2n) is 7.78. The highest BCUT2D eigenvalue weighted by Crippen LogP contribution is 2.26. The minimum atomic E-state index is -3.59. The summed E-state index contributed by atoms with van der Waals surface area (Å²) in [7, 11) is -3.59. The lowest BCUT2D eigenvalue weighted by atomic mass is 9.89. The third-order valence-electron chi connectivity index (χ3n) is 5.58. The predicted molar refractivity (Wildman–Crippen MR) is 118 cm³/mol. The van der Waals surface area contributed by atoms with Gasteiger partial charge in [-0.2, -0.15) is 0 Å². The topological polar surface area (TPSA) is 66.5 Å². The van der Waals surface area contributed by atoms with E-state index in [9.17, 15) is 13.2 Å². The summed E-state index contributed by atoms with van der Waals surface area (Å²) in [6, 6.07) is 13.5. The minimum absolute atomic E-state index is 0.183. The molecule has 0 aliphatic heterocycles. The average Bonchev–Trinajstić information content (AvgIpc) is 2.70. The first-order valence-corrected chi connectivity index (χ1v) is 12.1. The molecule has 1 N–H and O–H groups in total. The molecular formula is C23H30N2O3S. The van der Waals surface area contributed by atoms with E-state index in [2.05, 4.69) is 23.5 Å². The highest BCUT2D eigenvalue weighted by molar-refractivity contribution is 7.92. The molecule has 156 valence electrons. The number of amides is 1. The van der Waals surface area contributed by atoms with Crippen LogP contribution in [-0.4, -0.2) is 27.1 Å². The van der Waals surface area contributed by atoms with Crippen molar-refractivity contribution in [3.05, 3.63) is 64.7 Å². The number of sulfonamides is 1. The van der Waals surface area contributed by atoms with E-state index in [1.807, 2.05) is 26.0 Å². The van der Waals surface area contributed by atoms with E-state index in [0.717, 1.165) is 30.2 Å². The van der Waals surface area contributed by atoms with Crippen LogP contribution in [0, 0.1) is 0 Å². The third-order valence-corrected chi connectivity index (χ3v) is 6.71. The van der Waals surface area contributed by atoms with Gasteiger partial charge in [0.15, 0.2) is 0 Å². The van der Waals surface area contributed by atoms with Crippen molar-refractivity contribution in [1.29, 1.82) is 0 Å². The third kappa shape index (κ3) is 5.18. The van der Waals surface area contributed by atoms with Crippen LogP contribution in [0.25, 0.3) is 0 Å². The van der Waals surface area contributed by atoms with E-state index >= 15 is 0 Å². The summed E-state index contributed by atoms with van der Waals surface area (Å²) >= 11 is 0. The van der Waals surface area contributed by atoms with E-state index in [-0.39, 0.29) is 18.5 Å². The van der Waals surface area contributed by atoms with Crippen LogP contribution in [0.15, 0.2) is 42.5 Å². The van der Waals surface area contributed by atoms with Gasteiger partial charge in [0.05, 0.1) is 18.0 Å². The van der Waals surface area contributed by atoms with Crippen LogP contribution in [0.2, 0.25) is 0 Å². The Bertz CT molecular complexity index is 985. The maximum Gasteiger partial charge on any atom is 0.241 e. The molecule has 1 amide bonds. The molecule has 0 saturated carbocycles. The molecule has 0 radical (unpaired) electrons. The monoisotopic (exact) mass is 414 g/mol. The maximum atomic E-state index is 12.7. The molecule has 5 nitrogen and oxygen atoms in total. The molecule has 2 aromatic carbocycles. The molecule has 1 aliphatic rings. The minimum Gasteiger partial charge on any atom is -0.348 e. The number of benzene rings is 2. The van der Waals surface area contributed by atoms with Crippen molar-refractivity contribution < 1.29 is 13.2 Å². The van der Waals surface area contributed by atoms with E-state index in [1.54, 1.807) is 12.1 Å². The Morgan fingerprint density at radius 3 is 2.48 bits per heavy atom. The van der Waals surface area contributed by atoms with Gasteiger partial charge in [-0.25, -0.2) is 8.42 Å². The van der Waals surface area contributed by atoms with E-state index in [0.29, 0.717) is 12.1 Å². The molecule has 1 aliphatic carbocycles. The number of nitrogens with zero attached hydrogens (tertiary/aromatic N) is 1. The second-order valence-corrected chi connectivity index (χ2v) is 9.68. The number of carbonyl (C=O) groups excluding carboxylic acids is 1. The van der Waals surface area contributed by atoms with Crippen LogP contribution in [0.4, 0.5) is 5.69 Å². The Morgan fingerprint density at radius 2 is 1.79 bits per heavy atom. The van der Waals surface area contributed by atoms with Gasteiger partial charge < -0.3 is 5.32 Å². The van der Waals surface area contributed by atoms with Crippen molar-refractivity contribution in [3.8, 4) is 0 Å². The number of rotatable bonds is 7. The normalized spacial score (nSPS) is 14.7. The van der Waals surface area contributed by atoms with Gasteiger partial charge in [-0.1, -0.05) is 43.3 Å². The lowest BCUT2D eigenvalue weighted by Crippen LogP contribution is -2.41. The smallest absolute Gasteiger partial charge is 0.241 e. The molecule has 2 aromatic rings. The van der Waals surface area contributed by atoms with E-state index in [1.165, 1.54) is 28.3 Å². The quantitative estimate of drug-likeness (QED) is 0.750. The molecule has 0 bridgehead atoms. The summed E-state index contributed by atoms with van der Waals surface area (Å²) in [6.45, 7) is 3.68. The molecule has 0 fully saturated rings. The molecule has 3 rings (SSSR count). The van der Waals surface area contributed by atoms with E-state index in [4.69, 9.17) is 0 Å². The molecule has 29 heavy (non-hydrogen) atoms. The average molecular weight is 415 g/mol. The molecular weight excluding hydrogens is 384 g/mol. The number of para-hydroxylation sites is 1. The zero-order valence-electron chi connectivity index (χ0n) is 17.4. The zero-order valence-corrected chi connectivity index (χ0v) is 18.3. The highest BCUT2D eigenvalue weighted by Gasteiger charge is 2.23. The largest absolute Gasteiger partial charge is 0.348 e. The first-order chi connectivity index (χ1) is 13.8. The Hall–Kier alpha value is -2.34. The molecule has 0 unspecified atom stereocenters. The van der Waals surface area contributed by atoms with Crippen molar-refractivity contribution in [2.24, 2.45) is 0 Å². The van der Waals surface area contributed by atoms with Crippen LogP contribution in [0.5, 0.6) is 0 Å². The summed E-state index contributed by atoms with van der Waals surface area (Å²) in [6.07, 6.45) is 6.47. The summed E-state index contributed by atoms with van der Waals surface area (Å²) in [5.41, 5.74) is 5.28. The van der Waals surface area contributed by atoms with Gasteiger partial charge >= 0.3 is 0 Å². The Kier molecular flexibility index (Phi) is 6.63. The molecule has 0 heterocycles. The number of nitrogens with one attached hydrogen (secondary N) is 1. The van der Waals surface area contributed by atoms with Crippen LogP contribution in [0.1, 0.15) is 55.0 Å². The Labute approximate surface area is 174 Å². The first kappa shape index (κ1) is 21.4. The lowest BCUT2D eigenvalue weighted by Gasteiger charge is -2.25. The number of carbonyl (C=O) groups is 1. The fourth-order valence-electron chi connectivity index (χ4n) is 3.96. The van der Waals surface area contributed by atoms with Gasteiger partial charge in [0.25, 0.3) is 0 Å². The molecule has 0 saturated heterocycles. The van der Waals surface area contributed by atoms with Crippen molar-refractivity contribution >= 4 is 21.6 Å². The number of fused-ring (bicyclic) bond motifs is 1. The number of hydrogen-bond acceptors (Lipinski definition) is 3. The summed E-state index contributed by atoms with van der Waals surface area (Å²) in [4.78, 5) is 12.7. The van der Waals surface area contributed by atoms with Gasteiger partial charge in [0, 0.05) is 0 Å². The van der Waals surface area contributed by atoms with Gasteiger partial charge in [-0.3, -0.25) is 9.10 Å². The number of anilines is 1. The van der Waals surface area contributed by atoms with Gasteiger partial charge in [0.1, 0.15) is 6.54 Å². The van der Waals surface area contributed by atoms with Crippen molar-refractivity contribution in [2.45, 2.75) is 52.0 Å². The maximum absolute atomic E-state index is 12.7. The van der Waals surface area contributed by atoms with E-state index < -0.39 is 10.0 Å². The Balaban J connectivity index is 1.75. The van der Waals surface area contributed by atoms with Gasteiger partial charge in [0.2, 0.25) is 15.9 Å². The van der Waals surface area contributed by atoms with Crippen LogP contribution in [-0.2, 0) is 34.1 Å². The van der Waals surface area contributed by atoms with Crippen LogP contribution >= 0.6 is 0 Å². The Morgan fingerprint density at radius 1 is 1.10 bits per heavy atom. The van der Waals surface area contributed by atoms with Crippen LogP contribution in [0.3, 0.4) is 0 Å². The van der Waals surface area contributed by atoms with Crippen LogP contribution < -0.4 is 9.62 Å². The zero-order chi connectivity index (χ0) is 21.0. The van der Waals surface area contributed by atoms with Crippen molar-refractivity contribution in [3.63, 3.8) is 0 Å². The summed E-state index contributed by atoms with van der Waals surface area (Å²) < 4.78 is 26.0. The SMILES string of the molecule is CCc1ccccc1N(CC(=O)N[C@H](C)c1ccc2c(c1)CCCC2)S(C)(=O)=O. The molecule has 0 aromatic heterocycles. The molecule has 1 atom stereocenters. The summed E-state index contributed by atoms with van der Waals surface area (Å²) in [5.74, 6) is -0.313. The van der Waals surface area contributed by atoms with Gasteiger partial charge in [-0.15, -0.1) is 0 Å². The van der Waals surface area contributed by atoms with Crippen molar-refractivity contribution in [2.75, 3.05) is 17.1 Å². The highest BCUT2D eigenvalue weighted by atomic mass is 32.2. The fraction of sp³-hybridized carbons (Fsp3) is 0.435. The molecule has 6 heteroatoms. The summed E-state index contributed by atoms with van der Waals surface area (Å²) in [5, 5.41) is 2.97. The van der Waals surface area contributed by atoms with Gasteiger partial charge in [-0.05, 0) is 67.3 Å². The standard InChI is InChI=1S/C23H30N2O3S/c1-4-18-9-7-8-12-22(18)25(29(3,27)28)16-23(26)24-17(2)20-14-13-19-10-5-6-11-21(19)15-20/h7-9,12-15,17H,4-6,10-11,16H2,1-3H3,(H,24,26)/t17-/m1/s1. The fourth-order valence-corrected chi connectivity index (χ4v) is 4.84. The molecule has 0 spiro atoms.